The van der Waals surface area contributed by atoms with Gasteiger partial charge < -0.3 is 4.74 Å². The zero-order chi connectivity index (χ0) is 21.3. The van der Waals surface area contributed by atoms with Gasteiger partial charge in [0.2, 0.25) is 5.82 Å². The van der Waals surface area contributed by atoms with Crippen molar-refractivity contribution in [1.29, 1.82) is 0 Å². The van der Waals surface area contributed by atoms with Gasteiger partial charge >= 0.3 is 0 Å². The smallest absolute Gasteiger partial charge is 0.201 e. The Morgan fingerprint density at radius 1 is 0.733 bits per heavy atom. The Balaban J connectivity index is 1.72. The van der Waals surface area contributed by atoms with Gasteiger partial charge in [0.1, 0.15) is 0 Å². The number of hydrogen-bond donors (Lipinski definition) is 0. The van der Waals surface area contributed by atoms with Gasteiger partial charge in [-0.15, -0.1) is 0 Å². The molecule has 0 aliphatic carbocycles. The van der Waals surface area contributed by atoms with E-state index in [1.807, 2.05) is 31.2 Å². The second-order valence-electron chi connectivity index (χ2n) is 7.22. The van der Waals surface area contributed by atoms with Crippen LogP contribution in [0.25, 0.3) is 11.1 Å². The summed E-state index contributed by atoms with van der Waals surface area (Å²) in [5.74, 6) is 3.58. The van der Waals surface area contributed by atoms with E-state index in [2.05, 4.69) is 43.0 Å². The molecule has 0 unspecified atom stereocenters. The summed E-state index contributed by atoms with van der Waals surface area (Å²) < 4.78 is 33.5. The quantitative estimate of drug-likeness (QED) is 0.380. The Bertz CT molecular complexity index is 1030. The van der Waals surface area contributed by atoms with Crippen molar-refractivity contribution < 1.29 is 13.5 Å². The number of halogens is 2. The Morgan fingerprint density at radius 3 is 2.03 bits per heavy atom. The molecule has 0 saturated heterocycles. The highest BCUT2D eigenvalue weighted by molar-refractivity contribution is 5.64. The zero-order valence-corrected chi connectivity index (χ0v) is 17.5. The molecule has 154 valence electrons. The van der Waals surface area contributed by atoms with E-state index >= 15 is 0 Å². The monoisotopic (exact) mass is 404 g/mol. The highest BCUT2D eigenvalue weighted by Crippen LogP contribution is 2.23. The van der Waals surface area contributed by atoms with E-state index in [9.17, 15) is 8.78 Å². The summed E-state index contributed by atoms with van der Waals surface area (Å²) in [6, 6.07) is 19.2. The minimum atomic E-state index is -0.993. The molecule has 0 spiro atoms. The van der Waals surface area contributed by atoms with Crippen LogP contribution >= 0.6 is 0 Å². The number of hydrogen-bond acceptors (Lipinski definition) is 1. The fourth-order valence-electron chi connectivity index (χ4n) is 3.08. The van der Waals surface area contributed by atoms with Gasteiger partial charge in [0.15, 0.2) is 11.6 Å². The minimum absolute atomic E-state index is 0.0168. The molecule has 0 aliphatic rings. The van der Waals surface area contributed by atoms with E-state index < -0.39 is 11.6 Å². The van der Waals surface area contributed by atoms with E-state index in [0.717, 1.165) is 29.5 Å². The molecule has 0 aromatic heterocycles. The van der Waals surface area contributed by atoms with Gasteiger partial charge in [-0.05, 0) is 60.2 Å². The van der Waals surface area contributed by atoms with E-state index in [0.29, 0.717) is 6.61 Å². The summed E-state index contributed by atoms with van der Waals surface area (Å²) in [6.07, 6.45) is 4.22. The van der Waals surface area contributed by atoms with Crippen LogP contribution in [0.2, 0.25) is 0 Å². The standard InChI is InChI=1S/C27H26F2O/c1-3-5-6-20-7-12-22(13-8-20)23-14-9-21(10-15-23)11-16-24-17-18-25(30-19-4-2)27(29)26(24)28/h7-10,12-15,17-18H,3-6,19H2,1-2H3. The minimum Gasteiger partial charge on any atom is -0.490 e. The first-order valence-corrected chi connectivity index (χ1v) is 10.4. The molecule has 3 aromatic carbocycles. The molecule has 3 aromatic rings. The van der Waals surface area contributed by atoms with Crippen LogP contribution < -0.4 is 4.74 Å². The summed E-state index contributed by atoms with van der Waals surface area (Å²) in [4.78, 5) is 0. The molecule has 0 aliphatic heterocycles. The number of aryl methyl sites for hydroxylation is 1. The van der Waals surface area contributed by atoms with Crippen LogP contribution in [0.5, 0.6) is 5.75 Å². The molecular weight excluding hydrogens is 378 g/mol. The van der Waals surface area contributed by atoms with Gasteiger partial charge in [0.25, 0.3) is 0 Å². The van der Waals surface area contributed by atoms with Gasteiger partial charge in [0, 0.05) is 5.56 Å². The molecule has 3 rings (SSSR count). The molecule has 0 amide bonds. The Kier molecular flexibility index (Phi) is 7.63. The van der Waals surface area contributed by atoms with Crippen molar-refractivity contribution in [3.05, 3.63) is 89.0 Å². The van der Waals surface area contributed by atoms with Crippen LogP contribution in [0.3, 0.4) is 0 Å². The predicted octanol–water partition coefficient (Wildman–Crippen LogP) is 7.16. The van der Waals surface area contributed by atoms with E-state index in [1.165, 1.54) is 30.5 Å². The third-order valence-corrected chi connectivity index (χ3v) is 4.84. The lowest BCUT2D eigenvalue weighted by atomic mass is 10.0. The Morgan fingerprint density at radius 2 is 1.40 bits per heavy atom. The van der Waals surface area contributed by atoms with Crippen molar-refractivity contribution in [2.75, 3.05) is 6.61 Å². The largest absolute Gasteiger partial charge is 0.490 e. The number of unbranched alkanes of at least 4 members (excludes halogenated alkanes) is 1. The first-order chi connectivity index (χ1) is 14.6. The Hall–Kier alpha value is -3.12. The predicted molar refractivity (Wildman–Crippen MR) is 119 cm³/mol. The molecule has 0 bridgehead atoms. The highest BCUT2D eigenvalue weighted by atomic mass is 19.2. The molecular formula is C27H26F2O. The van der Waals surface area contributed by atoms with Gasteiger partial charge in [-0.2, -0.15) is 4.39 Å². The molecule has 0 heterocycles. The lowest BCUT2D eigenvalue weighted by molar-refractivity contribution is 0.295. The van der Waals surface area contributed by atoms with Crippen molar-refractivity contribution in [1.82, 2.24) is 0 Å². The van der Waals surface area contributed by atoms with Gasteiger partial charge in [0.05, 0.1) is 12.2 Å². The first kappa shape index (κ1) is 21.6. The van der Waals surface area contributed by atoms with Crippen LogP contribution in [0.15, 0.2) is 60.7 Å². The second-order valence-corrected chi connectivity index (χ2v) is 7.22. The van der Waals surface area contributed by atoms with E-state index in [-0.39, 0.29) is 11.3 Å². The van der Waals surface area contributed by atoms with Crippen LogP contribution in [0.1, 0.15) is 49.8 Å². The highest BCUT2D eigenvalue weighted by Gasteiger charge is 2.13. The van der Waals surface area contributed by atoms with Gasteiger partial charge in [-0.3, -0.25) is 0 Å². The average Bonchev–Trinajstić information content (AvgIpc) is 2.79. The third kappa shape index (κ3) is 5.48. The molecule has 0 fully saturated rings. The van der Waals surface area contributed by atoms with Crippen LogP contribution in [-0.4, -0.2) is 6.61 Å². The van der Waals surface area contributed by atoms with Crippen LogP contribution in [-0.2, 0) is 6.42 Å². The summed E-state index contributed by atoms with van der Waals surface area (Å²) in [5.41, 5.74) is 4.35. The van der Waals surface area contributed by atoms with Crippen molar-refractivity contribution in [3.63, 3.8) is 0 Å². The summed E-state index contributed by atoms with van der Waals surface area (Å²) >= 11 is 0. The number of benzene rings is 3. The van der Waals surface area contributed by atoms with Crippen LogP contribution in [0, 0.1) is 23.5 Å². The van der Waals surface area contributed by atoms with E-state index in [4.69, 9.17) is 4.74 Å². The van der Waals surface area contributed by atoms with E-state index in [1.54, 1.807) is 0 Å². The SMILES string of the molecule is CCCCc1ccc(-c2ccc(C#Cc3ccc(OCCC)c(F)c3F)cc2)cc1. The normalized spacial score (nSPS) is 10.4. The molecule has 0 atom stereocenters. The van der Waals surface area contributed by atoms with Crippen molar-refractivity contribution in [3.8, 4) is 28.7 Å². The summed E-state index contributed by atoms with van der Waals surface area (Å²) in [6.45, 7) is 4.44. The van der Waals surface area contributed by atoms with Crippen molar-refractivity contribution in [2.45, 2.75) is 39.5 Å². The fourth-order valence-corrected chi connectivity index (χ4v) is 3.08. The lowest BCUT2D eigenvalue weighted by Crippen LogP contribution is -2.00. The topological polar surface area (TPSA) is 9.23 Å². The average molecular weight is 405 g/mol. The molecule has 3 heteroatoms. The fraction of sp³-hybridized carbons (Fsp3) is 0.259. The maximum atomic E-state index is 14.2. The molecule has 30 heavy (non-hydrogen) atoms. The molecule has 0 saturated carbocycles. The summed E-state index contributed by atoms with van der Waals surface area (Å²) in [5, 5.41) is 0. The summed E-state index contributed by atoms with van der Waals surface area (Å²) in [7, 11) is 0. The third-order valence-electron chi connectivity index (χ3n) is 4.84. The maximum absolute atomic E-state index is 14.2. The van der Waals surface area contributed by atoms with Crippen LogP contribution in [0.4, 0.5) is 8.78 Å². The zero-order valence-electron chi connectivity index (χ0n) is 17.5. The maximum Gasteiger partial charge on any atom is 0.201 e. The second kappa shape index (κ2) is 10.6. The molecule has 0 radical (unpaired) electrons. The van der Waals surface area contributed by atoms with Gasteiger partial charge in [-0.1, -0.05) is 68.5 Å². The number of ether oxygens (including phenoxy) is 1. The Labute approximate surface area is 177 Å². The molecule has 1 nitrogen and oxygen atoms in total. The molecule has 0 N–H and O–H groups in total. The van der Waals surface area contributed by atoms with Gasteiger partial charge in [-0.25, -0.2) is 4.39 Å². The first-order valence-electron chi connectivity index (χ1n) is 10.4. The number of rotatable bonds is 7. The lowest BCUT2D eigenvalue weighted by Gasteiger charge is -2.07. The van der Waals surface area contributed by atoms with Crippen molar-refractivity contribution in [2.24, 2.45) is 0 Å². The van der Waals surface area contributed by atoms with Crippen molar-refractivity contribution >= 4 is 0 Å².